The van der Waals surface area contributed by atoms with Crippen molar-refractivity contribution >= 4 is 11.8 Å². The van der Waals surface area contributed by atoms with Crippen LogP contribution in [-0.2, 0) is 9.59 Å². The summed E-state index contributed by atoms with van der Waals surface area (Å²) in [6, 6.07) is 0. The monoisotopic (exact) mass is 184 g/mol. The van der Waals surface area contributed by atoms with Gasteiger partial charge in [0.1, 0.15) is 0 Å². The summed E-state index contributed by atoms with van der Waals surface area (Å²) >= 11 is 0. The lowest BCUT2D eigenvalue weighted by Crippen LogP contribution is -2.55. The second-order valence-electron chi connectivity index (χ2n) is 3.79. The predicted molar refractivity (Wildman–Crippen MR) is 49.0 cm³/mol. The zero-order valence-electron chi connectivity index (χ0n) is 8.33. The van der Waals surface area contributed by atoms with Crippen molar-refractivity contribution in [1.29, 1.82) is 0 Å². The molecule has 0 atom stereocenters. The smallest absolute Gasteiger partial charge is 0.311 e. The fourth-order valence-electron chi connectivity index (χ4n) is 1.35. The molecule has 0 aromatic heterocycles. The summed E-state index contributed by atoms with van der Waals surface area (Å²) in [5, 5.41) is 2.33. The molecule has 1 fully saturated rings. The van der Waals surface area contributed by atoms with E-state index in [0.717, 1.165) is 13.1 Å². The Morgan fingerprint density at radius 3 is 2.31 bits per heavy atom. The summed E-state index contributed by atoms with van der Waals surface area (Å²) in [5.41, 5.74) is 0. The highest BCUT2D eigenvalue weighted by Gasteiger charge is 2.34. The fourth-order valence-corrected chi connectivity index (χ4v) is 1.35. The van der Waals surface area contributed by atoms with Crippen LogP contribution in [0.2, 0.25) is 0 Å². The van der Waals surface area contributed by atoms with E-state index < -0.39 is 11.8 Å². The van der Waals surface area contributed by atoms with Gasteiger partial charge in [-0.1, -0.05) is 13.8 Å². The Morgan fingerprint density at radius 1 is 1.38 bits per heavy atom. The van der Waals surface area contributed by atoms with Gasteiger partial charge in [-0.15, -0.1) is 0 Å². The van der Waals surface area contributed by atoms with Crippen molar-refractivity contribution in [3.63, 3.8) is 0 Å². The van der Waals surface area contributed by atoms with Gasteiger partial charge in [0.25, 0.3) is 0 Å². The molecule has 1 aliphatic rings. The van der Waals surface area contributed by atoms with Gasteiger partial charge >= 0.3 is 11.8 Å². The Balaban J connectivity index is 2.35. The second-order valence-corrected chi connectivity index (χ2v) is 3.79. The first-order chi connectivity index (χ1) is 6.06. The third-order valence-electron chi connectivity index (χ3n) is 2.56. The van der Waals surface area contributed by atoms with Crippen LogP contribution in [0.4, 0.5) is 0 Å². The van der Waals surface area contributed by atoms with E-state index in [4.69, 9.17) is 0 Å². The zero-order valence-corrected chi connectivity index (χ0v) is 8.33. The summed E-state index contributed by atoms with van der Waals surface area (Å²) in [6.45, 7) is 5.71. The summed E-state index contributed by atoms with van der Waals surface area (Å²) in [6.07, 6.45) is 0. The van der Waals surface area contributed by atoms with Crippen molar-refractivity contribution in [2.45, 2.75) is 13.8 Å². The number of likely N-dealkylation sites (tertiary alicyclic amines) is 1. The Labute approximate surface area is 78.3 Å². The summed E-state index contributed by atoms with van der Waals surface area (Å²) < 4.78 is 0. The maximum absolute atomic E-state index is 11.2. The first-order valence-corrected chi connectivity index (χ1v) is 4.57. The lowest BCUT2D eigenvalue weighted by Gasteiger charge is -2.40. The van der Waals surface area contributed by atoms with E-state index in [-0.39, 0.29) is 0 Å². The molecule has 0 radical (unpaired) electrons. The van der Waals surface area contributed by atoms with Crippen molar-refractivity contribution in [2.75, 3.05) is 20.1 Å². The molecular weight excluding hydrogens is 168 g/mol. The van der Waals surface area contributed by atoms with E-state index in [2.05, 4.69) is 19.2 Å². The highest BCUT2D eigenvalue weighted by Crippen LogP contribution is 2.22. The number of likely N-dealkylation sites (N-methyl/N-ethyl adjacent to an activating group) is 1. The molecule has 0 spiro atoms. The molecule has 2 amide bonds. The van der Waals surface area contributed by atoms with Crippen molar-refractivity contribution in [1.82, 2.24) is 10.2 Å². The van der Waals surface area contributed by atoms with Gasteiger partial charge in [-0.2, -0.15) is 0 Å². The first kappa shape index (κ1) is 10.0. The van der Waals surface area contributed by atoms with Crippen molar-refractivity contribution < 1.29 is 9.59 Å². The number of nitrogens with zero attached hydrogens (tertiary/aromatic N) is 1. The number of hydrogen-bond acceptors (Lipinski definition) is 2. The van der Waals surface area contributed by atoms with Crippen LogP contribution in [0.5, 0.6) is 0 Å². The topological polar surface area (TPSA) is 49.4 Å². The van der Waals surface area contributed by atoms with E-state index in [0.29, 0.717) is 11.8 Å². The van der Waals surface area contributed by atoms with Crippen LogP contribution >= 0.6 is 0 Å². The molecule has 4 heteroatoms. The van der Waals surface area contributed by atoms with Gasteiger partial charge in [0, 0.05) is 20.1 Å². The maximum Gasteiger partial charge on any atom is 0.311 e. The molecule has 74 valence electrons. The highest BCUT2D eigenvalue weighted by atomic mass is 16.2. The SMILES string of the molecule is CNC(=O)C(=O)N1CC(C(C)C)C1. The number of amides is 2. The number of carbonyl (C=O) groups excluding carboxylic acids is 2. The quantitative estimate of drug-likeness (QED) is 0.576. The van der Waals surface area contributed by atoms with Crippen molar-refractivity contribution in [3.05, 3.63) is 0 Å². The minimum Gasteiger partial charge on any atom is -0.351 e. The van der Waals surface area contributed by atoms with Crippen LogP contribution in [0.3, 0.4) is 0 Å². The number of carbonyl (C=O) groups is 2. The van der Waals surface area contributed by atoms with Gasteiger partial charge in [0.15, 0.2) is 0 Å². The Morgan fingerprint density at radius 2 is 1.92 bits per heavy atom. The van der Waals surface area contributed by atoms with Crippen LogP contribution in [0.1, 0.15) is 13.8 Å². The number of rotatable bonds is 1. The molecule has 0 unspecified atom stereocenters. The van der Waals surface area contributed by atoms with Gasteiger partial charge in [0.2, 0.25) is 0 Å². The van der Waals surface area contributed by atoms with Gasteiger partial charge in [0.05, 0.1) is 0 Å². The average molecular weight is 184 g/mol. The number of hydrogen-bond donors (Lipinski definition) is 1. The van der Waals surface area contributed by atoms with E-state index in [1.165, 1.54) is 7.05 Å². The lowest BCUT2D eigenvalue weighted by molar-refractivity contribution is -0.150. The molecule has 4 nitrogen and oxygen atoms in total. The molecule has 1 saturated heterocycles. The van der Waals surface area contributed by atoms with Crippen LogP contribution < -0.4 is 5.32 Å². The zero-order chi connectivity index (χ0) is 10.0. The van der Waals surface area contributed by atoms with E-state index in [9.17, 15) is 9.59 Å². The molecule has 1 heterocycles. The Hall–Kier alpha value is -1.06. The van der Waals surface area contributed by atoms with Gasteiger partial charge in [-0.25, -0.2) is 0 Å². The molecule has 13 heavy (non-hydrogen) atoms. The minimum atomic E-state index is -0.512. The van der Waals surface area contributed by atoms with E-state index in [1.54, 1.807) is 4.90 Å². The maximum atomic E-state index is 11.2. The van der Waals surface area contributed by atoms with Crippen LogP contribution in [0.25, 0.3) is 0 Å². The molecule has 0 saturated carbocycles. The largest absolute Gasteiger partial charge is 0.351 e. The highest BCUT2D eigenvalue weighted by molar-refractivity contribution is 6.35. The molecule has 1 N–H and O–H groups in total. The van der Waals surface area contributed by atoms with Gasteiger partial charge < -0.3 is 10.2 Å². The molecule has 0 aromatic carbocycles. The number of nitrogens with one attached hydrogen (secondary N) is 1. The minimum absolute atomic E-state index is 0.403. The van der Waals surface area contributed by atoms with Crippen molar-refractivity contribution in [3.8, 4) is 0 Å². The third kappa shape index (κ3) is 1.99. The molecule has 0 aliphatic carbocycles. The molecular formula is C9H16N2O2. The lowest BCUT2D eigenvalue weighted by atomic mass is 9.88. The van der Waals surface area contributed by atoms with Gasteiger partial charge in [-0.05, 0) is 11.8 Å². The van der Waals surface area contributed by atoms with Crippen LogP contribution in [0, 0.1) is 11.8 Å². The average Bonchev–Trinajstić information content (AvgIpc) is 1.99. The van der Waals surface area contributed by atoms with Gasteiger partial charge in [-0.3, -0.25) is 9.59 Å². The molecule has 1 aliphatic heterocycles. The van der Waals surface area contributed by atoms with Crippen molar-refractivity contribution in [2.24, 2.45) is 11.8 Å². The molecule has 0 bridgehead atoms. The third-order valence-corrected chi connectivity index (χ3v) is 2.56. The normalized spacial score (nSPS) is 17.1. The summed E-state index contributed by atoms with van der Waals surface area (Å²) in [5.74, 6) is 0.240. The fraction of sp³-hybridized carbons (Fsp3) is 0.778. The van der Waals surface area contributed by atoms with E-state index >= 15 is 0 Å². The Kier molecular flexibility index (Phi) is 2.90. The first-order valence-electron chi connectivity index (χ1n) is 4.57. The summed E-state index contributed by atoms with van der Waals surface area (Å²) in [7, 11) is 1.47. The second kappa shape index (κ2) is 3.77. The molecule has 1 rings (SSSR count). The Bertz CT molecular complexity index is 220. The summed E-state index contributed by atoms with van der Waals surface area (Å²) in [4.78, 5) is 23.7. The van der Waals surface area contributed by atoms with Crippen LogP contribution in [-0.4, -0.2) is 36.9 Å². The molecule has 0 aromatic rings. The van der Waals surface area contributed by atoms with E-state index in [1.807, 2.05) is 0 Å². The predicted octanol–water partition coefficient (Wildman–Crippen LogP) is -0.153. The van der Waals surface area contributed by atoms with Crippen LogP contribution in [0.15, 0.2) is 0 Å². The standard InChI is InChI=1S/C9H16N2O2/c1-6(2)7-4-11(5-7)9(13)8(12)10-3/h6-7H,4-5H2,1-3H3,(H,10,12).